The highest BCUT2D eigenvalue weighted by atomic mass is 32.2. The Morgan fingerprint density at radius 2 is 1.64 bits per heavy atom. The normalized spacial score (nSPS) is 14.6. The maximum Gasteiger partial charge on any atom is 0.253 e. The Morgan fingerprint density at radius 3 is 2.31 bits per heavy atom. The summed E-state index contributed by atoms with van der Waals surface area (Å²) < 4.78 is 30.7. The number of hydrogen-bond donors (Lipinski definition) is 4. The molecule has 0 aliphatic carbocycles. The molecular formula is C26H31N5O4S. The van der Waals surface area contributed by atoms with E-state index >= 15 is 0 Å². The number of nitrogen functional groups attached to an aromatic ring is 1. The number of nitrogens with two attached hydrogens (primary N) is 2. The summed E-state index contributed by atoms with van der Waals surface area (Å²) in [5.41, 5.74) is 18.1. The van der Waals surface area contributed by atoms with E-state index in [0.29, 0.717) is 17.7 Å². The van der Waals surface area contributed by atoms with Crippen LogP contribution < -0.4 is 21.7 Å². The number of morpholine rings is 1. The van der Waals surface area contributed by atoms with Crippen LogP contribution in [0, 0.1) is 0 Å². The fourth-order valence-corrected chi connectivity index (χ4v) is 5.03. The van der Waals surface area contributed by atoms with E-state index in [1.165, 1.54) is 12.1 Å². The largest absolute Gasteiger partial charge is 0.398 e. The molecule has 1 aliphatic heterocycles. The molecule has 0 unspecified atom stereocenters. The lowest BCUT2D eigenvalue weighted by molar-refractivity contribution is 0.0374. The van der Waals surface area contributed by atoms with Crippen molar-refractivity contribution in [2.24, 2.45) is 5.73 Å². The SMILES string of the molecule is NC(=O)c1cc(-c2ccccc2)cc(-c2ccc(S(=O)(=O)NNCCCN3CCOCC3)cc2)c1N. The van der Waals surface area contributed by atoms with E-state index in [2.05, 4.69) is 15.2 Å². The van der Waals surface area contributed by atoms with Gasteiger partial charge in [0.05, 0.1) is 29.4 Å². The summed E-state index contributed by atoms with van der Waals surface area (Å²) >= 11 is 0. The minimum Gasteiger partial charge on any atom is -0.398 e. The lowest BCUT2D eigenvalue weighted by Crippen LogP contribution is -2.41. The second kappa shape index (κ2) is 11.6. The van der Waals surface area contributed by atoms with Gasteiger partial charge >= 0.3 is 0 Å². The first kappa shape index (κ1) is 25.8. The van der Waals surface area contributed by atoms with Crippen LogP contribution in [0.2, 0.25) is 0 Å². The quantitative estimate of drug-likeness (QED) is 0.187. The first-order valence-corrected chi connectivity index (χ1v) is 13.3. The maximum absolute atomic E-state index is 12.7. The van der Waals surface area contributed by atoms with Crippen LogP contribution in [-0.2, 0) is 14.8 Å². The third-order valence-electron chi connectivity index (χ3n) is 6.11. The summed E-state index contributed by atoms with van der Waals surface area (Å²) in [6.45, 7) is 4.66. The van der Waals surface area contributed by atoms with Crippen LogP contribution in [0.3, 0.4) is 0 Å². The fraction of sp³-hybridized carbons (Fsp3) is 0.269. The minimum atomic E-state index is -3.75. The first-order valence-electron chi connectivity index (χ1n) is 11.8. The van der Waals surface area contributed by atoms with Crippen molar-refractivity contribution in [1.82, 2.24) is 15.2 Å². The summed E-state index contributed by atoms with van der Waals surface area (Å²) in [6.07, 6.45) is 0.806. The monoisotopic (exact) mass is 509 g/mol. The van der Waals surface area contributed by atoms with Crippen LogP contribution in [0.5, 0.6) is 0 Å². The molecule has 1 amide bonds. The van der Waals surface area contributed by atoms with Gasteiger partial charge in [-0.25, -0.2) is 13.8 Å². The number of hydrogen-bond acceptors (Lipinski definition) is 7. The molecule has 4 rings (SSSR count). The van der Waals surface area contributed by atoms with Crippen LogP contribution in [0.25, 0.3) is 22.3 Å². The second-order valence-electron chi connectivity index (χ2n) is 8.58. The maximum atomic E-state index is 12.7. The number of rotatable bonds is 10. The molecule has 6 N–H and O–H groups in total. The number of hydrazine groups is 1. The van der Waals surface area contributed by atoms with E-state index < -0.39 is 15.9 Å². The van der Waals surface area contributed by atoms with Gasteiger partial charge in [0, 0.05) is 25.2 Å². The Bertz CT molecular complexity index is 1290. The molecule has 36 heavy (non-hydrogen) atoms. The van der Waals surface area contributed by atoms with Crippen molar-refractivity contribution >= 4 is 21.6 Å². The van der Waals surface area contributed by atoms with E-state index in [9.17, 15) is 13.2 Å². The zero-order valence-corrected chi connectivity index (χ0v) is 20.8. The van der Waals surface area contributed by atoms with Gasteiger partial charge in [0.15, 0.2) is 0 Å². The standard InChI is InChI=1S/C26H31N5O4S/c27-25-23(17-21(18-24(25)26(28)32)19-5-2-1-3-6-19)20-7-9-22(10-8-20)36(33,34)30-29-11-4-12-31-13-15-35-16-14-31/h1-3,5-10,17-18,29-30H,4,11-16,27H2,(H2,28,32). The molecule has 1 fully saturated rings. The highest BCUT2D eigenvalue weighted by Crippen LogP contribution is 2.34. The lowest BCUT2D eigenvalue weighted by atomic mass is 9.94. The summed E-state index contributed by atoms with van der Waals surface area (Å²) in [4.78, 5) is 16.9. The lowest BCUT2D eigenvalue weighted by Gasteiger charge is -2.26. The number of benzene rings is 3. The Hall–Kier alpha value is -3.28. The minimum absolute atomic E-state index is 0.111. The number of carbonyl (C=O) groups excluding carboxylic acids is 1. The van der Waals surface area contributed by atoms with Gasteiger partial charge in [0.1, 0.15) is 0 Å². The molecule has 3 aromatic carbocycles. The van der Waals surface area contributed by atoms with Crippen molar-refractivity contribution in [2.75, 3.05) is 45.1 Å². The highest BCUT2D eigenvalue weighted by molar-refractivity contribution is 7.89. The molecule has 1 heterocycles. The number of carbonyl (C=O) groups is 1. The predicted molar refractivity (Wildman–Crippen MR) is 140 cm³/mol. The van der Waals surface area contributed by atoms with E-state index in [1.54, 1.807) is 18.2 Å². The van der Waals surface area contributed by atoms with Crippen LogP contribution in [0.15, 0.2) is 71.6 Å². The van der Waals surface area contributed by atoms with Crippen molar-refractivity contribution in [2.45, 2.75) is 11.3 Å². The van der Waals surface area contributed by atoms with Crippen molar-refractivity contribution in [1.29, 1.82) is 0 Å². The van der Waals surface area contributed by atoms with Gasteiger partial charge in [-0.2, -0.15) is 0 Å². The van der Waals surface area contributed by atoms with Gasteiger partial charge in [-0.3, -0.25) is 9.69 Å². The Balaban J connectivity index is 1.46. The molecule has 3 aromatic rings. The van der Waals surface area contributed by atoms with Gasteiger partial charge in [-0.05, 0) is 53.9 Å². The van der Waals surface area contributed by atoms with Crippen molar-refractivity contribution < 1.29 is 17.9 Å². The Morgan fingerprint density at radius 1 is 0.944 bits per heavy atom. The summed E-state index contributed by atoms with van der Waals surface area (Å²) in [6, 6.07) is 19.4. The molecule has 10 heteroatoms. The van der Waals surface area contributed by atoms with Crippen LogP contribution >= 0.6 is 0 Å². The van der Waals surface area contributed by atoms with E-state index in [0.717, 1.165) is 50.4 Å². The van der Waals surface area contributed by atoms with Crippen LogP contribution in [-0.4, -0.2) is 58.6 Å². The topological polar surface area (TPSA) is 140 Å². The highest BCUT2D eigenvalue weighted by Gasteiger charge is 2.17. The molecule has 1 aliphatic rings. The molecule has 1 saturated heterocycles. The summed E-state index contributed by atoms with van der Waals surface area (Å²) in [7, 11) is -3.75. The molecule has 0 saturated carbocycles. The molecule has 0 aromatic heterocycles. The molecule has 9 nitrogen and oxygen atoms in total. The van der Waals surface area contributed by atoms with Crippen LogP contribution in [0.1, 0.15) is 16.8 Å². The van der Waals surface area contributed by atoms with Crippen molar-refractivity contribution in [3.63, 3.8) is 0 Å². The summed E-state index contributed by atoms with van der Waals surface area (Å²) in [5.74, 6) is -0.630. The molecule has 0 radical (unpaired) electrons. The Labute approximate surface area is 211 Å². The average Bonchev–Trinajstić information content (AvgIpc) is 2.89. The molecule has 190 valence electrons. The van der Waals surface area contributed by atoms with Crippen LogP contribution in [0.4, 0.5) is 5.69 Å². The number of amides is 1. The smallest absolute Gasteiger partial charge is 0.253 e. The number of sulfonamides is 1. The first-order chi connectivity index (χ1) is 17.3. The zero-order valence-electron chi connectivity index (χ0n) is 19.9. The molecular weight excluding hydrogens is 478 g/mol. The number of ether oxygens (including phenoxy) is 1. The number of anilines is 1. The average molecular weight is 510 g/mol. The fourth-order valence-electron chi connectivity index (χ4n) is 4.13. The predicted octanol–water partition coefficient (Wildman–Crippen LogP) is 2.21. The number of nitrogens with zero attached hydrogens (tertiary/aromatic N) is 1. The van der Waals surface area contributed by atoms with Gasteiger partial charge < -0.3 is 16.2 Å². The molecule has 0 bridgehead atoms. The molecule has 0 atom stereocenters. The van der Waals surface area contributed by atoms with E-state index in [4.69, 9.17) is 16.2 Å². The number of nitrogens with one attached hydrogen (secondary N) is 2. The van der Waals surface area contributed by atoms with Gasteiger partial charge in [0.2, 0.25) is 0 Å². The van der Waals surface area contributed by atoms with E-state index in [-0.39, 0.29) is 16.1 Å². The third-order valence-corrected chi connectivity index (χ3v) is 7.42. The van der Waals surface area contributed by atoms with Gasteiger partial charge in [-0.15, -0.1) is 4.83 Å². The zero-order chi connectivity index (χ0) is 25.5. The van der Waals surface area contributed by atoms with Crippen molar-refractivity contribution in [3.8, 4) is 22.3 Å². The summed E-state index contributed by atoms with van der Waals surface area (Å²) in [5, 5.41) is 0. The number of primary amides is 1. The second-order valence-corrected chi connectivity index (χ2v) is 10.3. The van der Waals surface area contributed by atoms with Crippen molar-refractivity contribution in [3.05, 3.63) is 72.3 Å². The van der Waals surface area contributed by atoms with Gasteiger partial charge in [0.25, 0.3) is 15.9 Å². The molecule has 0 spiro atoms. The van der Waals surface area contributed by atoms with E-state index in [1.807, 2.05) is 36.4 Å². The van der Waals surface area contributed by atoms with Gasteiger partial charge in [-0.1, -0.05) is 42.5 Å². The Kier molecular flexibility index (Phi) is 8.34. The third kappa shape index (κ3) is 6.28.